The van der Waals surface area contributed by atoms with E-state index in [9.17, 15) is 17.6 Å². The summed E-state index contributed by atoms with van der Waals surface area (Å²) in [6.07, 6.45) is 0.234. The summed E-state index contributed by atoms with van der Waals surface area (Å²) in [4.78, 5) is 16.9. The summed E-state index contributed by atoms with van der Waals surface area (Å²) in [6, 6.07) is 13.1. The molecule has 0 bridgehead atoms. The van der Waals surface area contributed by atoms with Gasteiger partial charge in [0.2, 0.25) is 15.9 Å². The van der Waals surface area contributed by atoms with Gasteiger partial charge in [0.1, 0.15) is 17.6 Å². The van der Waals surface area contributed by atoms with E-state index < -0.39 is 28.7 Å². The summed E-state index contributed by atoms with van der Waals surface area (Å²) >= 11 is 0. The number of ether oxygens (including phenoxy) is 3. The van der Waals surface area contributed by atoms with E-state index >= 15 is 0 Å². The Bertz CT molecular complexity index is 1020. The highest BCUT2D eigenvalue weighted by molar-refractivity contribution is 7.89. The molecule has 1 unspecified atom stereocenters. The zero-order valence-electron chi connectivity index (χ0n) is 20.9. The second kappa shape index (κ2) is 15.4. The van der Waals surface area contributed by atoms with Crippen LogP contribution in [-0.2, 0) is 30.9 Å². The first-order valence-electron chi connectivity index (χ1n) is 11.7. The summed E-state index contributed by atoms with van der Waals surface area (Å²) in [5.41, 5.74) is 3.01. The maximum Gasteiger partial charge on any atom is 0.243 e. The summed E-state index contributed by atoms with van der Waals surface area (Å²) in [7, 11) is -2.42. The van der Waals surface area contributed by atoms with Crippen LogP contribution < -0.4 is 15.0 Å². The van der Waals surface area contributed by atoms with Gasteiger partial charge >= 0.3 is 0 Å². The molecule has 11 heteroatoms. The highest BCUT2D eigenvalue weighted by atomic mass is 32.2. The van der Waals surface area contributed by atoms with E-state index in [1.54, 1.807) is 43.5 Å². The number of benzene rings is 2. The normalized spacial score (nSPS) is 12.4. The molecule has 0 saturated heterocycles. The Morgan fingerprint density at radius 2 is 1.72 bits per heavy atom. The fraction of sp³-hybridized carbons (Fsp3) is 0.480. The molecule has 0 aliphatic carbocycles. The zero-order chi connectivity index (χ0) is 26.4. The van der Waals surface area contributed by atoms with Crippen LogP contribution in [0.15, 0.2) is 53.4 Å². The maximum atomic E-state index is 13.7. The number of alkyl halides is 1. The van der Waals surface area contributed by atoms with E-state index in [0.717, 1.165) is 5.56 Å². The number of hydrogen-bond acceptors (Lipinski definition) is 7. The minimum atomic E-state index is -3.97. The Labute approximate surface area is 212 Å². The Balaban J connectivity index is 2.28. The maximum absolute atomic E-state index is 13.7. The molecular formula is C25H35FN2O7S. The number of unbranched alkanes of at least 4 members (excludes halogenated alkanes) is 1. The van der Waals surface area contributed by atoms with Crippen molar-refractivity contribution in [2.24, 2.45) is 0 Å². The Hall–Kier alpha value is -2.73. The van der Waals surface area contributed by atoms with Gasteiger partial charge in [-0.2, -0.15) is 4.31 Å². The minimum absolute atomic E-state index is 0.0554. The van der Waals surface area contributed by atoms with Gasteiger partial charge in [0.25, 0.3) is 0 Å². The largest absolute Gasteiger partial charge is 0.497 e. The number of rotatable bonds is 17. The number of hydroxylamine groups is 1. The van der Waals surface area contributed by atoms with Gasteiger partial charge < -0.3 is 14.2 Å². The van der Waals surface area contributed by atoms with Crippen LogP contribution in [0.25, 0.3) is 0 Å². The third-order valence-electron chi connectivity index (χ3n) is 5.06. The first kappa shape index (κ1) is 29.5. The van der Waals surface area contributed by atoms with Gasteiger partial charge in [0, 0.05) is 26.6 Å². The van der Waals surface area contributed by atoms with Crippen LogP contribution >= 0.6 is 0 Å². The highest BCUT2D eigenvalue weighted by Crippen LogP contribution is 2.23. The lowest BCUT2D eigenvalue weighted by molar-refractivity contribution is -0.140. The van der Waals surface area contributed by atoms with Gasteiger partial charge in [-0.15, -0.1) is 0 Å². The molecule has 0 aliphatic heterocycles. The first-order valence-corrected chi connectivity index (χ1v) is 13.2. The van der Waals surface area contributed by atoms with Gasteiger partial charge in [-0.1, -0.05) is 12.1 Å². The Morgan fingerprint density at radius 3 is 2.31 bits per heavy atom. The van der Waals surface area contributed by atoms with Gasteiger partial charge in [-0.3, -0.25) is 14.0 Å². The molecular weight excluding hydrogens is 491 g/mol. The molecule has 1 atom stereocenters. The summed E-state index contributed by atoms with van der Waals surface area (Å²) < 4.78 is 57.0. The lowest BCUT2D eigenvalue weighted by atomic mass is 10.2. The van der Waals surface area contributed by atoms with Crippen LogP contribution in [-0.4, -0.2) is 64.9 Å². The monoisotopic (exact) mass is 526 g/mol. The van der Waals surface area contributed by atoms with Crippen molar-refractivity contribution in [1.29, 1.82) is 0 Å². The van der Waals surface area contributed by atoms with Crippen LogP contribution in [0.3, 0.4) is 0 Å². The summed E-state index contributed by atoms with van der Waals surface area (Å²) in [6.45, 7) is 3.51. The van der Waals surface area contributed by atoms with Crippen molar-refractivity contribution in [3.8, 4) is 11.5 Å². The first-order chi connectivity index (χ1) is 17.3. The fourth-order valence-corrected chi connectivity index (χ4v) is 4.65. The summed E-state index contributed by atoms with van der Waals surface area (Å²) in [5, 5.41) is 0. The molecule has 0 saturated carbocycles. The predicted molar refractivity (Wildman–Crippen MR) is 133 cm³/mol. The molecule has 1 amide bonds. The molecule has 36 heavy (non-hydrogen) atoms. The van der Waals surface area contributed by atoms with E-state index in [4.69, 9.17) is 19.0 Å². The van der Waals surface area contributed by atoms with Crippen molar-refractivity contribution in [3.05, 3.63) is 54.1 Å². The molecule has 0 radical (unpaired) electrons. The SMILES string of the molecule is CCOCC(CN(Cc1ccc(OC)cc1)S(=O)(=O)c1ccc(OCCCCF)cc1)ONC(C)=O. The fourth-order valence-electron chi connectivity index (χ4n) is 3.19. The van der Waals surface area contributed by atoms with Crippen molar-refractivity contribution in [1.82, 2.24) is 9.79 Å². The average molecular weight is 527 g/mol. The number of carbonyl (C=O) groups is 1. The number of carbonyl (C=O) groups excluding carboxylic acids is 1. The molecule has 2 aromatic rings. The molecule has 9 nitrogen and oxygen atoms in total. The molecule has 1 N–H and O–H groups in total. The number of methoxy groups -OCH3 is 1. The lowest BCUT2D eigenvalue weighted by Gasteiger charge is -2.27. The molecule has 0 aliphatic rings. The Morgan fingerprint density at radius 1 is 1.06 bits per heavy atom. The molecule has 0 fully saturated rings. The third kappa shape index (κ3) is 9.73. The van der Waals surface area contributed by atoms with Gasteiger partial charge in [-0.05, 0) is 61.7 Å². The molecule has 2 rings (SSSR count). The zero-order valence-corrected chi connectivity index (χ0v) is 21.8. The van der Waals surface area contributed by atoms with Crippen molar-refractivity contribution >= 4 is 15.9 Å². The molecule has 0 spiro atoms. The van der Waals surface area contributed by atoms with E-state index in [1.165, 1.54) is 23.4 Å². The van der Waals surface area contributed by atoms with Crippen LogP contribution in [0.5, 0.6) is 11.5 Å². The molecule has 200 valence electrons. The van der Waals surface area contributed by atoms with E-state index in [2.05, 4.69) is 5.48 Å². The second-order valence-corrected chi connectivity index (χ2v) is 9.86. The van der Waals surface area contributed by atoms with Crippen LogP contribution in [0, 0.1) is 0 Å². The van der Waals surface area contributed by atoms with Crippen molar-refractivity contribution in [3.63, 3.8) is 0 Å². The van der Waals surface area contributed by atoms with Gasteiger partial charge in [-0.25, -0.2) is 13.9 Å². The standard InChI is InChI=1S/C25H35FN2O7S/c1-4-33-19-24(35-27-20(2)29)18-28(17-21-7-9-22(32-3)10-8-21)36(30,31)25-13-11-23(12-14-25)34-16-6-5-15-26/h7-14,24H,4-6,15-19H2,1-3H3,(H,27,29). The minimum Gasteiger partial charge on any atom is -0.497 e. The highest BCUT2D eigenvalue weighted by Gasteiger charge is 2.28. The van der Waals surface area contributed by atoms with E-state index in [-0.39, 0.29) is 24.6 Å². The molecule has 0 heterocycles. The number of nitrogens with zero attached hydrogens (tertiary/aromatic N) is 1. The van der Waals surface area contributed by atoms with Crippen LogP contribution in [0.1, 0.15) is 32.3 Å². The predicted octanol–water partition coefficient (Wildman–Crippen LogP) is 3.49. The number of nitrogens with one attached hydrogen (secondary N) is 1. The van der Waals surface area contributed by atoms with E-state index in [0.29, 0.717) is 37.6 Å². The average Bonchev–Trinajstić information content (AvgIpc) is 2.88. The number of halogens is 1. The molecule has 2 aromatic carbocycles. The smallest absolute Gasteiger partial charge is 0.243 e. The topological polar surface area (TPSA) is 103 Å². The van der Waals surface area contributed by atoms with Crippen molar-refractivity contribution < 1.29 is 36.7 Å². The van der Waals surface area contributed by atoms with Gasteiger partial charge in [0.15, 0.2) is 0 Å². The third-order valence-corrected chi connectivity index (χ3v) is 6.89. The number of hydrogen-bond donors (Lipinski definition) is 1. The van der Waals surface area contributed by atoms with Crippen LogP contribution in [0.2, 0.25) is 0 Å². The summed E-state index contributed by atoms with van der Waals surface area (Å²) in [5.74, 6) is 0.736. The van der Waals surface area contributed by atoms with Crippen molar-refractivity contribution in [2.75, 3.05) is 40.1 Å². The quantitative estimate of drug-likeness (QED) is 0.249. The second-order valence-electron chi connectivity index (χ2n) is 7.92. The Kier molecular flexibility index (Phi) is 12.6. The van der Waals surface area contributed by atoms with Gasteiger partial charge in [0.05, 0.1) is 31.9 Å². The number of sulfonamides is 1. The van der Waals surface area contributed by atoms with E-state index in [1.807, 2.05) is 6.92 Å². The van der Waals surface area contributed by atoms with Crippen LogP contribution in [0.4, 0.5) is 4.39 Å². The van der Waals surface area contributed by atoms with Crippen molar-refractivity contribution in [2.45, 2.75) is 44.2 Å². The number of amides is 1. The molecule has 0 aromatic heterocycles. The lowest BCUT2D eigenvalue weighted by Crippen LogP contribution is -2.42.